The fourth-order valence-corrected chi connectivity index (χ4v) is 2.10. The van der Waals surface area contributed by atoms with Crippen LogP contribution >= 0.6 is 0 Å². The van der Waals surface area contributed by atoms with Crippen LogP contribution in [0.25, 0.3) is 11.3 Å². The van der Waals surface area contributed by atoms with Gasteiger partial charge in [-0.25, -0.2) is 0 Å². The molecule has 1 aromatic heterocycles. The highest BCUT2D eigenvalue weighted by molar-refractivity contribution is 5.64. The number of hydrogen-bond acceptors (Lipinski definition) is 3. The molecule has 0 unspecified atom stereocenters. The topological polar surface area (TPSA) is 49.9 Å². The smallest absolute Gasteiger partial charge is 0.119 e. The second kappa shape index (κ2) is 7.10. The molecule has 0 atom stereocenters. The fourth-order valence-electron chi connectivity index (χ4n) is 2.10. The minimum atomic E-state index is 0.645. The number of H-pyrrole nitrogens is 1. The maximum atomic E-state index is 5.55. The second-order valence-corrected chi connectivity index (χ2v) is 5.26. The van der Waals surface area contributed by atoms with Gasteiger partial charge in [0.05, 0.1) is 18.5 Å². The van der Waals surface area contributed by atoms with Gasteiger partial charge >= 0.3 is 0 Å². The molecular weight excluding hydrogens is 250 g/mol. The van der Waals surface area contributed by atoms with Gasteiger partial charge in [-0.15, -0.1) is 0 Å². The van der Waals surface area contributed by atoms with Crippen molar-refractivity contribution in [3.05, 3.63) is 36.0 Å². The van der Waals surface area contributed by atoms with E-state index in [9.17, 15) is 0 Å². The van der Waals surface area contributed by atoms with E-state index < -0.39 is 0 Å². The molecule has 2 aromatic rings. The monoisotopic (exact) mass is 273 g/mol. The molecule has 0 aliphatic rings. The number of nitrogens with one attached hydrogen (secondary N) is 2. The van der Waals surface area contributed by atoms with Crippen LogP contribution in [0.3, 0.4) is 0 Å². The molecule has 20 heavy (non-hydrogen) atoms. The van der Waals surface area contributed by atoms with Crippen LogP contribution in [0.2, 0.25) is 0 Å². The third-order valence-corrected chi connectivity index (χ3v) is 3.02. The lowest BCUT2D eigenvalue weighted by Crippen LogP contribution is -2.19. The Morgan fingerprint density at radius 2 is 2.20 bits per heavy atom. The highest BCUT2D eigenvalue weighted by Gasteiger charge is 2.08. The summed E-state index contributed by atoms with van der Waals surface area (Å²) in [5.41, 5.74) is 3.34. The summed E-state index contributed by atoms with van der Waals surface area (Å²) in [5, 5.41) is 10.7. The van der Waals surface area contributed by atoms with Crippen molar-refractivity contribution < 1.29 is 4.74 Å². The van der Waals surface area contributed by atoms with Crippen molar-refractivity contribution in [2.24, 2.45) is 5.92 Å². The molecule has 1 aromatic carbocycles. The van der Waals surface area contributed by atoms with E-state index in [1.165, 1.54) is 5.56 Å². The number of ether oxygens (including phenoxy) is 1. The van der Waals surface area contributed by atoms with Gasteiger partial charge in [-0.3, -0.25) is 5.10 Å². The third-order valence-electron chi connectivity index (χ3n) is 3.02. The third kappa shape index (κ3) is 3.84. The molecule has 2 rings (SSSR count). The van der Waals surface area contributed by atoms with Gasteiger partial charge in [-0.05, 0) is 31.5 Å². The van der Waals surface area contributed by atoms with Crippen LogP contribution in [-0.2, 0) is 6.54 Å². The van der Waals surface area contributed by atoms with Gasteiger partial charge in [-0.1, -0.05) is 26.0 Å². The fraction of sp³-hybridized carbons (Fsp3) is 0.438. The van der Waals surface area contributed by atoms with Crippen molar-refractivity contribution in [3.8, 4) is 17.0 Å². The first-order valence-corrected chi connectivity index (χ1v) is 7.17. The molecule has 0 aliphatic carbocycles. The van der Waals surface area contributed by atoms with E-state index in [4.69, 9.17) is 4.74 Å². The second-order valence-electron chi connectivity index (χ2n) is 5.26. The largest absolute Gasteiger partial charge is 0.494 e. The number of rotatable bonds is 7. The van der Waals surface area contributed by atoms with Gasteiger partial charge in [0.15, 0.2) is 0 Å². The number of aromatic nitrogens is 2. The first-order valence-electron chi connectivity index (χ1n) is 7.17. The van der Waals surface area contributed by atoms with E-state index in [2.05, 4.69) is 35.4 Å². The van der Waals surface area contributed by atoms with Crippen LogP contribution in [0.1, 0.15) is 26.3 Å². The standard InChI is InChI=1S/C16H23N3O/c1-4-20-15-7-5-6-13(8-15)16-14(11-18-19-16)10-17-9-12(2)3/h5-8,11-12,17H,4,9-10H2,1-3H3,(H,18,19). The highest BCUT2D eigenvalue weighted by Crippen LogP contribution is 2.25. The average molecular weight is 273 g/mol. The van der Waals surface area contributed by atoms with Gasteiger partial charge in [0.2, 0.25) is 0 Å². The lowest BCUT2D eigenvalue weighted by atomic mass is 10.1. The first kappa shape index (κ1) is 14.6. The summed E-state index contributed by atoms with van der Waals surface area (Å²) in [6.45, 7) is 8.90. The van der Waals surface area contributed by atoms with Crippen LogP contribution < -0.4 is 10.1 Å². The Hall–Kier alpha value is -1.81. The molecule has 108 valence electrons. The van der Waals surface area contributed by atoms with Crippen LogP contribution in [0, 0.1) is 5.92 Å². The molecule has 0 amide bonds. The minimum Gasteiger partial charge on any atom is -0.494 e. The summed E-state index contributed by atoms with van der Waals surface area (Å²) >= 11 is 0. The van der Waals surface area contributed by atoms with E-state index >= 15 is 0 Å². The van der Waals surface area contributed by atoms with Crippen molar-refractivity contribution in [2.45, 2.75) is 27.3 Å². The molecule has 0 aliphatic heterocycles. The van der Waals surface area contributed by atoms with Gasteiger partial charge in [0.25, 0.3) is 0 Å². The van der Waals surface area contributed by atoms with E-state index in [0.29, 0.717) is 12.5 Å². The van der Waals surface area contributed by atoms with Crippen molar-refractivity contribution in [1.82, 2.24) is 15.5 Å². The van der Waals surface area contributed by atoms with Crippen molar-refractivity contribution in [1.29, 1.82) is 0 Å². The minimum absolute atomic E-state index is 0.645. The van der Waals surface area contributed by atoms with Gasteiger partial charge in [0.1, 0.15) is 5.75 Å². The molecule has 0 saturated carbocycles. The van der Waals surface area contributed by atoms with E-state index in [-0.39, 0.29) is 0 Å². The summed E-state index contributed by atoms with van der Waals surface area (Å²) in [5.74, 6) is 1.53. The van der Waals surface area contributed by atoms with E-state index in [0.717, 1.165) is 30.1 Å². The highest BCUT2D eigenvalue weighted by atomic mass is 16.5. The van der Waals surface area contributed by atoms with Crippen molar-refractivity contribution in [2.75, 3.05) is 13.2 Å². The summed E-state index contributed by atoms with van der Waals surface area (Å²) in [7, 11) is 0. The Kier molecular flexibility index (Phi) is 5.18. The van der Waals surface area contributed by atoms with Crippen molar-refractivity contribution in [3.63, 3.8) is 0 Å². The quantitative estimate of drug-likeness (QED) is 0.814. The summed E-state index contributed by atoms with van der Waals surface area (Å²) in [4.78, 5) is 0. The zero-order valence-corrected chi connectivity index (χ0v) is 12.4. The first-order chi connectivity index (χ1) is 9.70. The molecule has 4 nitrogen and oxygen atoms in total. The Balaban J connectivity index is 2.12. The Morgan fingerprint density at radius 1 is 1.35 bits per heavy atom. The van der Waals surface area contributed by atoms with Gasteiger partial charge in [0, 0.05) is 17.7 Å². The predicted molar refractivity (Wildman–Crippen MR) is 81.7 cm³/mol. The van der Waals surface area contributed by atoms with Gasteiger partial charge < -0.3 is 10.1 Å². The van der Waals surface area contributed by atoms with E-state index in [1.54, 1.807) is 0 Å². The molecule has 0 fully saturated rings. The van der Waals surface area contributed by atoms with E-state index in [1.807, 2.05) is 31.3 Å². The lowest BCUT2D eigenvalue weighted by Gasteiger charge is -2.09. The summed E-state index contributed by atoms with van der Waals surface area (Å²) in [6, 6.07) is 8.09. The van der Waals surface area contributed by atoms with Crippen LogP contribution in [0.15, 0.2) is 30.5 Å². The van der Waals surface area contributed by atoms with Crippen LogP contribution in [0.5, 0.6) is 5.75 Å². The van der Waals surface area contributed by atoms with Crippen LogP contribution in [0.4, 0.5) is 0 Å². The molecular formula is C16H23N3O. The predicted octanol–water partition coefficient (Wildman–Crippen LogP) is 3.22. The Morgan fingerprint density at radius 3 is 2.95 bits per heavy atom. The Bertz CT molecular complexity index is 534. The molecule has 0 spiro atoms. The molecule has 1 heterocycles. The molecule has 0 saturated heterocycles. The summed E-state index contributed by atoms with van der Waals surface area (Å²) in [6.07, 6.45) is 1.88. The maximum Gasteiger partial charge on any atom is 0.119 e. The van der Waals surface area contributed by atoms with Crippen LogP contribution in [-0.4, -0.2) is 23.3 Å². The van der Waals surface area contributed by atoms with Crippen molar-refractivity contribution >= 4 is 0 Å². The van der Waals surface area contributed by atoms with Gasteiger partial charge in [-0.2, -0.15) is 5.10 Å². The molecule has 0 radical (unpaired) electrons. The molecule has 4 heteroatoms. The number of nitrogens with zero attached hydrogens (tertiary/aromatic N) is 1. The Labute approximate surface area is 120 Å². The SMILES string of the molecule is CCOc1cccc(-c2[nH]ncc2CNCC(C)C)c1. The lowest BCUT2D eigenvalue weighted by molar-refractivity contribution is 0.340. The number of aromatic amines is 1. The summed E-state index contributed by atoms with van der Waals surface area (Å²) < 4.78 is 5.55. The zero-order valence-electron chi connectivity index (χ0n) is 12.4. The zero-order chi connectivity index (χ0) is 14.4. The molecule has 2 N–H and O–H groups in total. The normalized spacial score (nSPS) is 11.0. The maximum absolute atomic E-state index is 5.55. The molecule has 0 bridgehead atoms. The number of benzene rings is 1. The number of hydrogen-bond donors (Lipinski definition) is 2. The average Bonchev–Trinajstić information content (AvgIpc) is 2.87.